The van der Waals surface area contributed by atoms with E-state index in [1.807, 2.05) is 24.3 Å². The Labute approximate surface area is 177 Å². The molecule has 0 bridgehead atoms. The van der Waals surface area contributed by atoms with Crippen molar-refractivity contribution in [3.63, 3.8) is 0 Å². The summed E-state index contributed by atoms with van der Waals surface area (Å²) < 4.78 is 7.54. The van der Waals surface area contributed by atoms with E-state index in [9.17, 15) is 9.59 Å². The molecule has 4 N–H and O–H groups in total. The molecule has 7 nitrogen and oxygen atoms in total. The number of ether oxygens (including phenoxy) is 1. The van der Waals surface area contributed by atoms with Crippen LogP contribution in [-0.4, -0.2) is 35.1 Å². The lowest BCUT2D eigenvalue weighted by molar-refractivity contribution is 0.0915. The van der Waals surface area contributed by atoms with E-state index in [1.165, 1.54) is 0 Å². The number of aromatic nitrogens is 1. The van der Waals surface area contributed by atoms with Crippen molar-refractivity contribution in [2.24, 2.45) is 16.9 Å². The average Bonchev–Trinajstić information content (AvgIpc) is 3.46. The Morgan fingerprint density at radius 3 is 2.13 bits per heavy atom. The maximum Gasteiger partial charge on any atom is 0.315 e. The fourth-order valence-corrected chi connectivity index (χ4v) is 4.86. The van der Waals surface area contributed by atoms with Crippen LogP contribution in [-0.2, 0) is 6.54 Å². The van der Waals surface area contributed by atoms with Gasteiger partial charge in [-0.25, -0.2) is 4.79 Å². The lowest BCUT2D eigenvalue weighted by Gasteiger charge is -2.44. The number of hydrogen-bond acceptors (Lipinski definition) is 3. The Kier molecular flexibility index (Phi) is 4.79. The first-order valence-corrected chi connectivity index (χ1v) is 10.4. The number of methoxy groups -OCH3 is 1. The minimum Gasteiger partial charge on any atom is -0.497 e. The lowest BCUT2D eigenvalue weighted by atomic mass is 9.81. The van der Waals surface area contributed by atoms with Gasteiger partial charge in [0.05, 0.1) is 24.4 Å². The molecule has 1 aliphatic heterocycles. The highest BCUT2D eigenvalue weighted by Crippen LogP contribution is 2.52. The highest BCUT2D eigenvalue weighted by molar-refractivity contribution is 6.03. The minimum atomic E-state index is -0.475. The van der Waals surface area contributed by atoms with Gasteiger partial charge in [0.25, 0.3) is 5.91 Å². The molecule has 0 spiro atoms. The minimum absolute atomic E-state index is 0.326. The molecule has 0 saturated heterocycles. The van der Waals surface area contributed by atoms with Gasteiger partial charge in [0.15, 0.2) is 0 Å². The number of hydrogen-bond donors (Lipinski definition) is 2. The van der Waals surface area contributed by atoms with Crippen molar-refractivity contribution >= 4 is 11.9 Å². The van der Waals surface area contributed by atoms with E-state index in [4.69, 9.17) is 16.2 Å². The van der Waals surface area contributed by atoms with Crippen LogP contribution < -0.4 is 16.2 Å². The number of fused-ring (bicyclic) bond motifs is 1. The fourth-order valence-electron chi connectivity index (χ4n) is 4.86. The molecule has 2 aliphatic rings. The molecule has 30 heavy (non-hydrogen) atoms. The predicted octanol–water partition coefficient (Wildman–Crippen LogP) is 3.62. The van der Waals surface area contributed by atoms with Gasteiger partial charge in [0.1, 0.15) is 5.75 Å². The topological polar surface area (TPSA) is 104 Å². The van der Waals surface area contributed by atoms with Crippen molar-refractivity contribution in [2.75, 3.05) is 13.7 Å². The molecule has 1 aromatic carbocycles. The first-order chi connectivity index (χ1) is 14.1. The highest BCUT2D eigenvalue weighted by atomic mass is 16.5. The number of rotatable bonds is 4. The van der Waals surface area contributed by atoms with E-state index in [-0.39, 0.29) is 11.5 Å². The number of benzene rings is 1. The molecule has 1 atom stereocenters. The third kappa shape index (κ3) is 3.22. The predicted molar refractivity (Wildman–Crippen MR) is 115 cm³/mol. The molecule has 1 saturated carbocycles. The molecule has 0 radical (unpaired) electrons. The number of carbonyl (C=O) groups is 2. The first kappa shape index (κ1) is 20.3. The molecule has 2 heterocycles. The van der Waals surface area contributed by atoms with Crippen LogP contribution in [0.15, 0.2) is 24.3 Å². The molecule has 3 amide bonds. The van der Waals surface area contributed by atoms with E-state index in [1.54, 1.807) is 12.0 Å². The van der Waals surface area contributed by atoms with E-state index in [0.717, 1.165) is 41.1 Å². The van der Waals surface area contributed by atoms with Gasteiger partial charge in [-0.2, -0.15) is 0 Å². The Hall–Kier alpha value is -2.96. The van der Waals surface area contributed by atoms with Crippen molar-refractivity contribution < 1.29 is 14.3 Å². The van der Waals surface area contributed by atoms with E-state index in [2.05, 4.69) is 25.3 Å². The summed E-state index contributed by atoms with van der Waals surface area (Å²) in [4.78, 5) is 26.8. The number of amides is 3. The number of nitrogens with zero attached hydrogens (tertiary/aromatic N) is 2. The number of carbonyl (C=O) groups excluding carboxylic acids is 2. The van der Waals surface area contributed by atoms with Crippen molar-refractivity contribution in [3.8, 4) is 16.9 Å². The molecule has 1 fully saturated rings. The SMILES string of the molecule is COc1ccc(-c2c(C(N)=O)c3n(c2C2CC2)CCN(C(N)=O)C3C(C)(C)C)cc1. The molecule has 1 unspecified atom stereocenters. The largest absolute Gasteiger partial charge is 0.497 e. The quantitative estimate of drug-likeness (QED) is 0.804. The van der Waals surface area contributed by atoms with Gasteiger partial charge in [-0.05, 0) is 41.9 Å². The van der Waals surface area contributed by atoms with Gasteiger partial charge >= 0.3 is 6.03 Å². The number of nitrogens with two attached hydrogens (primary N) is 2. The van der Waals surface area contributed by atoms with Crippen LogP contribution in [0.3, 0.4) is 0 Å². The van der Waals surface area contributed by atoms with Gasteiger partial charge in [-0.15, -0.1) is 0 Å². The lowest BCUT2D eigenvalue weighted by Crippen LogP contribution is -2.49. The van der Waals surface area contributed by atoms with Crippen molar-refractivity contribution in [2.45, 2.75) is 52.1 Å². The van der Waals surface area contributed by atoms with Crippen LogP contribution in [0.4, 0.5) is 4.79 Å². The van der Waals surface area contributed by atoms with Gasteiger partial charge < -0.3 is 25.7 Å². The Morgan fingerprint density at radius 2 is 1.67 bits per heavy atom. The molecule has 160 valence electrons. The Bertz CT molecular complexity index is 997. The summed E-state index contributed by atoms with van der Waals surface area (Å²) in [5.41, 5.74) is 15.7. The van der Waals surface area contributed by atoms with Gasteiger partial charge in [-0.3, -0.25) is 4.79 Å². The molecule has 4 rings (SSSR count). The van der Waals surface area contributed by atoms with Crippen molar-refractivity contribution in [1.29, 1.82) is 0 Å². The van der Waals surface area contributed by atoms with Crippen LogP contribution in [0.1, 0.15) is 67.3 Å². The zero-order chi connectivity index (χ0) is 21.8. The summed E-state index contributed by atoms with van der Waals surface area (Å²) in [7, 11) is 1.63. The van der Waals surface area contributed by atoms with Gasteiger partial charge in [-0.1, -0.05) is 32.9 Å². The van der Waals surface area contributed by atoms with Crippen LogP contribution in [0.2, 0.25) is 0 Å². The van der Waals surface area contributed by atoms with Gasteiger partial charge in [0, 0.05) is 24.3 Å². The monoisotopic (exact) mass is 410 g/mol. The smallest absolute Gasteiger partial charge is 0.315 e. The Balaban J connectivity index is 2.03. The molecule has 2 aromatic rings. The van der Waals surface area contributed by atoms with E-state index < -0.39 is 11.9 Å². The standard InChI is InChI=1S/C23H30N4O3/c1-23(2,3)20-19-17(21(24)28)16(13-7-9-15(30-4)10-8-13)18(14-5-6-14)26(19)11-12-27(20)22(25)29/h7-10,14,20H,5-6,11-12H2,1-4H3,(H2,24,28)(H2,25,29). The summed E-state index contributed by atoms with van der Waals surface area (Å²) in [5, 5.41) is 0. The second-order valence-electron chi connectivity index (χ2n) is 9.34. The molecule has 1 aromatic heterocycles. The van der Waals surface area contributed by atoms with Crippen LogP contribution in [0.5, 0.6) is 5.75 Å². The zero-order valence-corrected chi connectivity index (χ0v) is 18.1. The second kappa shape index (κ2) is 7.07. The van der Waals surface area contributed by atoms with E-state index >= 15 is 0 Å². The Morgan fingerprint density at radius 1 is 1.03 bits per heavy atom. The number of primary amides is 2. The van der Waals surface area contributed by atoms with Gasteiger partial charge in [0.2, 0.25) is 0 Å². The summed E-state index contributed by atoms with van der Waals surface area (Å²) in [6, 6.07) is 6.91. The molecular formula is C23H30N4O3. The summed E-state index contributed by atoms with van der Waals surface area (Å²) >= 11 is 0. The molecule has 1 aliphatic carbocycles. The molecular weight excluding hydrogens is 380 g/mol. The van der Waals surface area contributed by atoms with Crippen LogP contribution in [0, 0.1) is 5.41 Å². The average molecular weight is 411 g/mol. The fraction of sp³-hybridized carbons (Fsp3) is 0.478. The first-order valence-electron chi connectivity index (χ1n) is 10.4. The maximum absolute atomic E-state index is 12.8. The van der Waals surface area contributed by atoms with E-state index in [0.29, 0.717) is 24.6 Å². The highest BCUT2D eigenvalue weighted by Gasteiger charge is 2.45. The molecule has 7 heteroatoms. The summed E-state index contributed by atoms with van der Waals surface area (Å²) in [6.45, 7) is 7.30. The zero-order valence-electron chi connectivity index (χ0n) is 18.1. The third-order valence-electron chi connectivity index (χ3n) is 6.17. The second-order valence-corrected chi connectivity index (χ2v) is 9.34. The number of urea groups is 1. The summed E-state index contributed by atoms with van der Waals surface area (Å²) in [6.07, 6.45) is 2.18. The maximum atomic E-state index is 12.8. The third-order valence-corrected chi connectivity index (χ3v) is 6.17. The van der Waals surface area contributed by atoms with Crippen molar-refractivity contribution in [3.05, 3.63) is 41.2 Å². The van der Waals surface area contributed by atoms with Crippen LogP contribution in [0.25, 0.3) is 11.1 Å². The van der Waals surface area contributed by atoms with Crippen LogP contribution >= 0.6 is 0 Å². The summed E-state index contributed by atoms with van der Waals surface area (Å²) in [5.74, 6) is 0.676. The van der Waals surface area contributed by atoms with Crippen molar-refractivity contribution in [1.82, 2.24) is 9.47 Å². The normalized spacial score (nSPS) is 18.8.